The van der Waals surface area contributed by atoms with E-state index < -0.39 is 11.8 Å². The van der Waals surface area contributed by atoms with Gasteiger partial charge in [0.1, 0.15) is 17.3 Å². The van der Waals surface area contributed by atoms with Gasteiger partial charge in [0.05, 0.1) is 6.26 Å². The van der Waals surface area contributed by atoms with Gasteiger partial charge >= 0.3 is 0 Å². The molecule has 0 spiro atoms. The van der Waals surface area contributed by atoms with Crippen LogP contribution in [-0.2, 0) is 10.5 Å². The van der Waals surface area contributed by atoms with Crippen LogP contribution in [0.1, 0.15) is 27.2 Å². The first-order valence-electron chi connectivity index (χ1n) is 9.86. The van der Waals surface area contributed by atoms with E-state index in [4.69, 9.17) is 16.0 Å². The fourth-order valence-corrected chi connectivity index (χ4v) is 3.95. The predicted octanol–water partition coefficient (Wildman–Crippen LogP) is 5.20. The minimum Gasteiger partial charge on any atom is -0.465 e. The van der Waals surface area contributed by atoms with Crippen molar-refractivity contribution in [2.75, 3.05) is 12.3 Å². The van der Waals surface area contributed by atoms with Gasteiger partial charge in [-0.05, 0) is 43.3 Å². The van der Waals surface area contributed by atoms with E-state index in [0.29, 0.717) is 40.0 Å². The number of benzene rings is 2. The smallest absolute Gasteiger partial charge is 0.267 e. The molecule has 0 aliphatic heterocycles. The molecule has 0 saturated heterocycles. The summed E-state index contributed by atoms with van der Waals surface area (Å²) in [7, 11) is 0. The topological polar surface area (TPSA) is 71.3 Å². The molecule has 0 fully saturated rings. The lowest BCUT2D eigenvalue weighted by molar-refractivity contribution is -0.117. The van der Waals surface area contributed by atoms with E-state index in [9.17, 15) is 14.0 Å². The van der Waals surface area contributed by atoms with Crippen molar-refractivity contribution in [2.45, 2.75) is 12.7 Å². The van der Waals surface area contributed by atoms with Crippen LogP contribution in [0.25, 0.3) is 6.08 Å². The summed E-state index contributed by atoms with van der Waals surface area (Å²) >= 11 is 7.47. The second-order valence-corrected chi connectivity index (χ2v) is 8.41. The molecule has 0 atom stereocenters. The molecule has 2 N–H and O–H groups in total. The van der Waals surface area contributed by atoms with Gasteiger partial charge in [-0.15, -0.1) is 0 Å². The maximum Gasteiger partial charge on any atom is 0.267 e. The minimum absolute atomic E-state index is 0.0627. The molecule has 3 rings (SSSR count). The first kappa shape index (κ1) is 23.6. The highest BCUT2D eigenvalue weighted by Gasteiger charge is 2.15. The number of aryl methyl sites for hydroxylation is 1. The fourth-order valence-electron chi connectivity index (χ4n) is 2.75. The summed E-state index contributed by atoms with van der Waals surface area (Å²) in [6.45, 7) is 2.25. The van der Waals surface area contributed by atoms with Crippen molar-refractivity contribution in [3.63, 3.8) is 0 Å². The highest BCUT2D eigenvalue weighted by atomic mass is 35.5. The van der Waals surface area contributed by atoms with Gasteiger partial charge in [-0.3, -0.25) is 9.59 Å². The Hall–Kier alpha value is -3.03. The predicted molar refractivity (Wildman–Crippen MR) is 126 cm³/mol. The maximum atomic E-state index is 13.8. The molecule has 0 radical (unpaired) electrons. The average molecular weight is 473 g/mol. The molecule has 5 nitrogen and oxygen atoms in total. The summed E-state index contributed by atoms with van der Waals surface area (Å²) in [5.41, 5.74) is 1.97. The van der Waals surface area contributed by atoms with Gasteiger partial charge in [-0.25, -0.2) is 4.39 Å². The lowest BCUT2D eigenvalue weighted by Gasteiger charge is -2.11. The van der Waals surface area contributed by atoms with Gasteiger partial charge in [0.2, 0.25) is 0 Å². The Kier molecular flexibility index (Phi) is 8.53. The molecule has 0 bridgehead atoms. The van der Waals surface area contributed by atoms with Gasteiger partial charge in [-0.2, -0.15) is 11.8 Å². The Labute approximate surface area is 195 Å². The summed E-state index contributed by atoms with van der Waals surface area (Å²) in [5, 5.41) is 5.79. The lowest BCUT2D eigenvalue weighted by Crippen LogP contribution is -2.35. The summed E-state index contributed by atoms with van der Waals surface area (Å²) in [5.74, 6) is 0.157. The normalized spacial score (nSPS) is 11.3. The van der Waals surface area contributed by atoms with Crippen molar-refractivity contribution in [3.8, 4) is 0 Å². The van der Waals surface area contributed by atoms with Crippen LogP contribution in [0.2, 0.25) is 5.02 Å². The Morgan fingerprint density at radius 1 is 1.12 bits per heavy atom. The Morgan fingerprint density at radius 3 is 2.59 bits per heavy atom. The van der Waals surface area contributed by atoms with Crippen LogP contribution in [-0.4, -0.2) is 24.1 Å². The summed E-state index contributed by atoms with van der Waals surface area (Å²) in [4.78, 5) is 25.3. The summed E-state index contributed by atoms with van der Waals surface area (Å²) in [6.07, 6.45) is 2.95. The summed E-state index contributed by atoms with van der Waals surface area (Å²) in [6, 6.07) is 15.0. The number of carbonyl (C=O) groups is 2. The third-order valence-electron chi connectivity index (χ3n) is 4.48. The molecular weight excluding hydrogens is 451 g/mol. The number of halogens is 2. The van der Waals surface area contributed by atoms with Crippen LogP contribution >= 0.6 is 23.4 Å². The molecule has 2 amide bonds. The molecule has 0 unspecified atom stereocenters. The van der Waals surface area contributed by atoms with E-state index in [1.165, 1.54) is 30.2 Å². The lowest BCUT2D eigenvalue weighted by atomic mass is 10.1. The van der Waals surface area contributed by atoms with Crippen LogP contribution in [0.3, 0.4) is 0 Å². The van der Waals surface area contributed by atoms with Crippen LogP contribution in [0.15, 0.2) is 71.0 Å². The van der Waals surface area contributed by atoms with E-state index in [1.807, 2.05) is 19.1 Å². The Balaban J connectivity index is 1.58. The van der Waals surface area contributed by atoms with E-state index in [0.717, 1.165) is 5.56 Å². The van der Waals surface area contributed by atoms with Crippen molar-refractivity contribution in [2.24, 2.45) is 0 Å². The Morgan fingerprint density at radius 2 is 1.91 bits per heavy atom. The van der Waals surface area contributed by atoms with Gasteiger partial charge in [0.25, 0.3) is 11.8 Å². The molecule has 166 valence electrons. The minimum atomic E-state index is -0.452. The molecule has 1 aromatic heterocycles. The molecular formula is C24H22ClFN2O3S. The van der Waals surface area contributed by atoms with E-state index in [1.54, 1.807) is 36.4 Å². The maximum absolute atomic E-state index is 13.8. The first-order valence-corrected chi connectivity index (χ1v) is 11.4. The standard InChI is InChI=1S/C24H22ClFN2O3S/c1-16-7-9-17(10-8-16)23(29)28-22(14-18-4-3-12-31-18)24(30)27-11-13-32-15-19-20(25)5-2-6-21(19)26/h2-10,12,14H,11,13,15H2,1H3,(H,27,30)(H,28,29)/b22-14-. The largest absolute Gasteiger partial charge is 0.465 e. The van der Waals surface area contributed by atoms with Crippen molar-refractivity contribution in [1.29, 1.82) is 0 Å². The number of nitrogens with one attached hydrogen (secondary N) is 2. The number of hydrogen-bond donors (Lipinski definition) is 2. The third kappa shape index (κ3) is 6.73. The third-order valence-corrected chi connectivity index (χ3v) is 5.82. The highest BCUT2D eigenvalue weighted by Crippen LogP contribution is 2.23. The monoisotopic (exact) mass is 472 g/mol. The van der Waals surface area contributed by atoms with Crippen LogP contribution in [0, 0.1) is 12.7 Å². The van der Waals surface area contributed by atoms with Crippen molar-refractivity contribution in [3.05, 3.63) is 99.8 Å². The van der Waals surface area contributed by atoms with E-state index >= 15 is 0 Å². The van der Waals surface area contributed by atoms with Crippen LogP contribution < -0.4 is 10.6 Å². The number of amides is 2. The molecule has 8 heteroatoms. The zero-order chi connectivity index (χ0) is 22.9. The number of hydrogen-bond acceptors (Lipinski definition) is 4. The Bertz CT molecular complexity index is 1080. The quantitative estimate of drug-likeness (QED) is 0.331. The first-order chi connectivity index (χ1) is 15.4. The van der Waals surface area contributed by atoms with Crippen LogP contribution in [0.4, 0.5) is 4.39 Å². The summed E-state index contributed by atoms with van der Waals surface area (Å²) < 4.78 is 19.1. The van der Waals surface area contributed by atoms with E-state index in [2.05, 4.69) is 10.6 Å². The SMILES string of the molecule is Cc1ccc(C(=O)N/C(=C\c2ccco2)C(=O)NCCSCc2c(F)cccc2Cl)cc1. The molecule has 0 aliphatic rings. The number of carbonyl (C=O) groups excluding carboxylic acids is 2. The molecule has 2 aromatic carbocycles. The number of furan rings is 1. The van der Waals surface area contributed by atoms with Crippen molar-refractivity contribution < 1.29 is 18.4 Å². The molecule has 0 aliphatic carbocycles. The molecule has 1 heterocycles. The second-order valence-electron chi connectivity index (χ2n) is 6.90. The van der Waals surface area contributed by atoms with E-state index in [-0.39, 0.29) is 11.5 Å². The zero-order valence-electron chi connectivity index (χ0n) is 17.4. The number of rotatable bonds is 9. The average Bonchev–Trinajstić information content (AvgIpc) is 3.28. The van der Waals surface area contributed by atoms with Crippen LogP contribution in [0.5, 0.6) is 0 Å². The van der Waals surface area contributed by atoms with Crippen molar-refractivity contribution >= 4 is 41.3 Å². The van der Waals surface area contributed by atoms with Crippen molar-refractivity contribution in [1.82, 2.24) is 10.6 Å². The number of thioether (sulfide) groups is 1. The molecule has 0 saturated carbocycles. The zero-order valence-corrected chi connectivity index (χ0v) is 18.9. The molecule has 32 heavy (non-hydrogen) atoms. The van der Waals surface area contributed by atoms with Gasteiger partial charge in [0.15, 0.2) is 0 Å². The fraction of sp³-hybridized carbons (Fsp3) is 0.167. The van der Waals surface area contributed by atoms with Gasteiger partial charge in [-0.1, -0.05) is 35.4 Å². The second kappa shape index (κ2) is 11.5. The van der Waals surface area contributed by atoms with Gasteiger partial charge in [0, 0.05) is 40.3 Å². The molecule has 3 aromatic rings. The van der Waals surface area contributed by atoms with Gasteiger partial charge < -0.3 is 15.1 Å². The highest BCUT2D eigenvalue weighted by molar-refractivity contribution is 7.98.